The van der Waals surface area contributed by atoms with Crippen LogP contribution in [0.15, 0.2) is 72.3 Å². The molecular formula is C30H31NO7. The zero-order valence-corrected chi connectivity index (χ0v) is 21.6. The van der Waals surface area contributed by atoms with Gasteiger partial charge in [-0.2, -0.15) is 0 Å². The number of ether oxygens (including phenoxy) is 3. The number of hydrogen-bond acceptors (Lipinski definition) is 7. The first-order valence-corrected chi connectivity index (χ1v) is 12.5. The van der Waals surface area contributed by atoms with Crippen LogP contribution < -0.4 is 14.2 Å². The summed E-state index contributed by atoms with van der Waals surface area (Å²) in [7, 11) is 1.57. The van der Waals surface area contributed by atoms with Gasteiger partial charge in [0.2, 0.25) is 0 Å². The molecule has 1 fully saturated rings. The predicted molar refractivity (Wildman–Crippen MR) is 142 cm³/mol. The topological polar surface area (TPSA) is 106 Å². The van der Waals surface area contributed by atoms with E-state index in [-0.39, 0.29) is 29.4 Å². The Hall–Kier alpha value is -4.46. The number of carbonyl (C=O) groups excluding carboxylic acids is 2. The summed E-state index contributed by atoms with van der Waals surface area (Å²) < 4.78 is 16.4. The smallest absolute Gasteiger partial charge is 0.295 e. The average Bonchev–Trinajstić information content (AvgIpc) is 3.18. The third kappa shape index (κ3) is 5.44. The third-order valence-electron chi connectivity index (χ3n) is 6.25. The summed E-state index contributed by atoms with van der Waals surface area (Å²) in [6.07, 6.45) is 0.857. The molecule has 0 spiro atoms. The van der Waals surface area contributed by atoms with Crippen molar-refractivity contribution in [2.45, 2.75) is 32.9 Å². The van der Waals surface area contributed by atoms with E-state index < -0.39 is 17.7 Å². The highest BCUT2D eigenvalue weighted by atomic mass is 16.5. The van der Waals surface area contributed by atoms with Gasteiger partial charge in [-0.3, -0.25) is 9.59 Å². The Kier molecular flexibility index (Phi) is 8.21. The van der Waals surface area contributed by atoms with Gasteiger partial charge >= 0.3 is 0 Å². The van der Waals surface area contributed by atoms with E-state index in [1.807, 2.05) is 19.1 Å². The van der Waals surface area contributed by atoms with Crippen LogP contribution in [0.4, 0.5) is 0 Å². The number of amides is 1. The fraction of sp³-hybridized carbons (Fsp3) is 0.267. The quantitative estimate of drug-likeness (QED) is 0.216. The Morgan fingerprint density at radius 2 is 1.61 bits per heavy atom. The number of methoxy groups -OCH3 is 1. The summed E-state index contributed by atoms with van der Waals surface area (Å²) in [6.45, 7) is 4.78. The van der Waals surface area contributed by atoms with Crippen molar-refractivity contribution in [1.29, 1.82) is 0 Å². The summed E-state index contributed by atoms with van der Waals surface area (Å²) in [5, 5.41) is 21.6. The van der Waals surface area contributed by atoms with Gasteiger partial charge in [-0.1, -0.05) is 25.1 Å². The maximum absolute atomic E-state index is 13.4. The van der Waals surface area contributed by atoms with Crippen LogP contribution >= 0.6 is 0 Å². The van der Waals surface area contributed by atoms with Crippen molar-refractivity contribution < 1.29 is 34.0 Å². The van der Waals surface area contributed by atoms with Crippen LogP contribution in [0.5, 0.6) is 23.0 Å². The van der Waals surface area contributed by atoms with E-state index in [0.717, 1.165) is 12.0 Å². The normalized spacial score (nSPS) is 16.5. The van der Waals surface area contributed by atoms with Gasteiger partial charge in [-0.05, 0) is 73.0 Å². The van der Waals surface area contributed by atoms with Gasteiger partial charge in [0, 0.05) is 12.1 Å². The second kappa shape index (κ2) is 11.7. The predicted octanol–water partition coefficient (Wildman–Crippen LogP) is 5.21. The first-order valence-electron chi connectivity index (χ1n) is 12.5. The fourth-order valence-corrected chi connectivity index (χ4v) is 4.37. The Labute approximate surface area is 221 Å². The van der Waals surface area contributed by atoms with Gasteiger partial charge in [-0.15, -0.1) is 0 Å². The zero-order valence-electron chi connectivity index (χ0n) is 21.6. The monoisotopic (exact) mass is 517 g/mol. The number of phenolic OH excluding ortho intramolecular Hbond substituents is 1. The van der Waals surface area contributed by atoms with Crippen LogP contribution in [-0.2, 0) is 16.1 Å². The molecular weight excluding hydrogens is 486 g/mol. The van der Waals surface area contributed by atoms with Crippen molar-refractivity contribution in [2.75, 3.05) is 20.3 Å². The van der Waals surface area contributed by atoms with E-state index in [1.54, 1.807) is 62.6 Å². The molecule has 198 valence electrons. The van der Waals surface area contributed by atoms with E-state index in [1.165, 1.54) is 11.0 Å². The van der Waals surface area contributed by atoms with Crippen molar-refractivity contribution in [2.24, 2.45) is 0 Å². The molecule has 3 aromatic carbocycles. The molecule has 1 aliphatic rings. The average molecular weight is 518 g/mol. The highest BCUT2D eigenvalue weighted by molar-refractivity contribution is 6.46. The minimum atomic E-state index is -0.909. The van der Waals surface area contributed by atoms with E-state index in [9.17, 15) is 19.8 Å². The fourth-order valence-electron chi connectivity index (χ4n) is 4.37. The number of aliphatic hydroxyl groups excluding tert-OH is 1. The van der Waals surface area contributed by atoms with Crippen molar-refractivity contribution in [3.8, 4) is 23.0 Å². The highest BCUT2D eigenvalue weighted by Gasteiger charge is 2.46. The van der Waals surface area contributed by atoms with Crippen LogP contribution in [0.3, 0.4) is 0 Å². The summed E-state index contributed by atoms with van der Waals surface area (Å²) in [5.41, 5.74) is 1.63. The molecule has 0 bridgehead atoms. The standard InChI is InChI=1S/C30H31NO7/c1-4-16-38-23-13-8-20(9-14-23)28(33)26-27(21-10-15-24(32)25(17-21)37-5-2)31(30(35)29(26)34)18-19-6-11-22(36-3)12-7-19/h6-15,17,27,32-33H,4-5,16,18H2,1-3H3/b28-26-. The van der Waals surface area contributed by atoms with Gasteiger partial charge in [0.1, 0.15) is 17.3 Å². The lowest BCUT2D eigenvalue weighted by Gasteiger charge is -2.26. The molecule has 0 aromatic heterocycles. The first-order chi connectivity index (χ1) is 18.4. The van der Waals surface area contributed by atoms with Gasteiger partial charge < -0.3 is 29.3 Å². The Morgan fingerprint density at radius 3 is 2.24 bits per heavy atom. The van der Waals surface area contributed by atoms with Crippen molar-refractivity contribution >= 4 is 17.4 Å². The largest absolute Gasteiger partial charge is 0.507 e. The third-order valence-corrected chi connectivity index (χ3v) is 6.25. The summed E-state index contributed by atoms with van der Waals surface area (Å²) in [6, 6.07) is 17.6. The van der Waals surface area contributed by atoms with Crippen molar-refractivity contribution in [1.82, 2.24) is 4.90 Å². The Morgan fingerprint density at radius 1 is 0.921 bits per heavy atom. The molecule has 8 nitrogen and oxygen atoms in total. The van der Waals surface area contributed by atoms with E-state index in [2.05, 4.69) is 0 Å². The van der Waals surface area contributed by atoms with Crippen molar-refractivity contribution in [3.63, 3.8) is 0 Å². The molecule has 1 atom stereocenters. The zero-order chi connectivity index (χ0) is 27.2. The molecule has 0 radical (unpaired) electrons. The number of carbonyl (C=O) groups is 2. The summed E-state index contributed by atoms with van der Waals surface area (Å²) in [4.78, 5) is 28.1. The minimum Gasteiger partial charge on any atom is -0.507 e. The molecule has 4 rings (SSSR count). The van der Waals surface area contributed by atoms with E-state index >= 15 is 0 Å². The molecule has 8 heteroatoms. The molecule has 2 N–H and O–H groups in total. The molecule has 0 saturated carbocycles. The molecule has 1 unspecified atom stereocenters. The number of nitrogens with zero attached hydrogens (tertiary/aromatic N) is 1. The molecule has 0 aliphatic carbocycles. The maximum atomic E-state index is 13.4. The van der Waals surface area contributed by atoms with Gasteiger partial charge in [0.25, 0.3) is 11.7 Å². The van der Waals surface area contributed by atoms with Crippen LogP contribution in [0, 0.1) is 0 Å². The molecule has 1 amide bonds. The minimum absolute atomic E-state index is 0.0427. The maximum Gasteiger partial charge on any atom is 0.295 e. The number of benzene rings is 3. The lowest BCUT2D eigenvalue weighted by molar-refractivity contribution is -0.140. The first kappa shape index (κ1) is 26.6. The number of rotatable bonds is 10. The van der Waals surface area contributed by atoms with Crippen LogP contribution in [0.25, 0.3) is 5.76 Å². The Bertz CT molecular complexity index is 1330. The molecule has 1 heterocycles. The highest BCUT2D eigenvalue weighted by Crippen LogP contribution is 2.42. The van der Waals surface area contributed by atoms with Gasteiger partial charge in [-0.25, -0.2) is 0 Å². The number of hydrogen-bond donors (Lipinski definition) is 2. The summed E-state index contributed by atoms with van der Waals surface area (Å²) >= 11 is 0. The second-order valence-electron chi connectivity index (χ2n) is 8.81. The van der Waals surface area contributed by atoms with Crippen molar-refractivity contribution in [3.05, 3.63) is 89.0 Å². The number of phenols is 1. The number of aliphatic hydroxyl groups is 1. The number of Topliss-reactive ketones (excluding diaryl/α,β-unsaturated/α-hetero) is 1. The number of likely N-dealkylation sites (tertiary alicyclic amines) is 1. The van der Waals surface area contributed by atoms with E-state index in [0.29, 0.717) is 35.8 Å². The second-order valence-corrected chi connectivity index (χ2v) is 8.81. The van der Waals surface area contributed by atoms with Gasteiger partial charge in [0.05, 0.1) is 31.9 Å². The van der Waals surface area contributed by atoms with Crippen LogP contribution in [0.2, 0.25) is 0 Å². The Balaban J connectivity index is 1.80. The van der Waals surface area contributed by atoms with Gasteiger partial charge in [0.15, 0.2) is 11.5 Å². The van der Waals surface area contributed by atoms with Crippen LogP contribution in [-0.4, -0.2) is 47.1 Å². The van der Waals surface area contributed by atoms with E-state index in [4.69, 9.17) is 14.2 Å². The lowest BCUT2D eigenvalue weighted by atomic mass is 9.94. The molecule has 1 saturated heterocycles. The number of ketones is 1. The molecule has 1 aliphatic heterocycles. The molecule has 3 aromatic rings. The SMILES string of the molecule is CCCOc1ccc(/C(O)=C2/C(=O)C(=O)N(Cc3ccc(OC)cc3)C2c2ccc(O)c(OCC)c2)cc1. The summed E-state index contributed by atoms with van der Waals surface area (Å²) in [5.74, 6) is -0.362. The lowest BCUT2D eigenvalue weighted by Crippen LogP contribution is -2.29. The number of aromatic hydroxyl groups is 1. The molecule has 38 heavy (non-hydrogen) atoms. The van der Waals surface area contributed by atoms with Crippen LogP contribution in [0.1, 0.15) is 43.0 Å².